The maximum Gasteiger partial charge on any atom is 0.326 e. The number of likely N-dealkylation sites (tertiary alicyclic amines) is 1. The number of hydrogen-bond acceptors (Lipinski definition) is 8. The molecular formula is C26H42N6O8. The average Bonchev–Trinajstić information content (AvgIpc) is 3.41. The van der Waals surface area contributed by atoms with Gasteiger partial charge in [0.15, 0.2) is 0 Å². The molecule has 1 fully saturated rings. The van der Waals surface area contributed by atoms with E-state index in [1.807, 2.05) is 13.8 Å². The van der Waals surface area contributed by atoms with Gasteiger partial charge in [-0.05, 0) is 38.6 Å². The SMILES string of the molecule is CN[C@@H](CC(C)C)C(=O)N[C@@H](CCC(=O)O)C(=O)N1CCC[C@@H](OC)[C@H]1CC(=O)N[C@@H](Cc1cnc[nH]1)C(=O)O. The van der Waals surface area contributed by atoms with Gasteiger partial charge in [0.25, 0.3) is 0 Å². The highest BCUT2D eigenvalue weighted by Crippen LogP contribution is 2.24. The summed E-state index contributed by atoms with van der Waals surface area (Å²) in [5.74, 6) is -3.65. The highest BCUT2D eigenvalue weighted by Gasteiger charge is 2.39. The Labute approximate surface area is 233 Å². The second-order valence-corrected chi connectivity index (χ2v) is 10.4. The number of carboxylic acid groups (broad SMARTS) is 2. The second-order valence-electron chi connectivity index (χ2n) is 10.4. The Balaban J connectivity index is 2.22. The molecule has 2 rings (SSSR count). The molecule has 1 saturated heterocycles. The van der Waals surface area contributed by atoms with Crippen LogP contribution >= 0.6 is 0 Å². The molecule has 40 heavy (non-hydrogen) atoms. The minimum Gasteiger partial charge on any atom is -0.481 e. The van der Waals surface area contributed by atoms with E-state index in [1.165, 1.54) is 24.5 Å². The van der Waals surface area contributed by atoms with Crippen molar-refractivity contribution in [2.24, 2.45) is 5.92 Å². The monoisotopic (exact) mass is 566 g/mol. The van der Waals surface area contributed by atoms with Gasteiger partial charge >= 0.3 is 11.9 Å². The van der Waals surface area contributed by atoms with Gasteiger partial charge in [0.2, 0.25) is 17.7 Å². The zero-order valence-corrected chi connectivity index (χ0v) is 23.5. The van der Waals surface area contributed by atoms with Crippen LogP contribution in [0.2, 0.25) is 0 Å². The largest absolute Gasteiger partial charge is 0.481 e. The molecule has 1 aliphatic rings. The fraction of sp³-hybridized carbons (Fsp3) is 0.692. The number of carbonyl (C=O) groups excluding carboxylic acids is 3. The maximum atomic E-state index is 13.8. The number of rotatable bonds is 16. The van der Waals surface area contributed by atoms with Crippen LogP contribution in [0.4, 0.5) is 0 Å². The van der Waals surface area contributed by atoms with E-state index in [0.717, 1.165) is 0 Å². The standard InChI is InChI=1S/C26H42N6O8/c1-15(2)10-18(27-3)24(36)31-17(7-8-23(34)35)25(37)32-9-5-6-21(40-4)20(32)12-22(33)30-19(26(38)39)11-16-13-28-14-29-16/h13-15,17-21,27H,5-12H2,1-4H3,(H,28,29)(H,30,33)(H,31,36)(H,34,35)(H,38,39)/t17-,18-,19-,20+,21+/m0/s1. The van der Waals surface area contributed by atoms with Crippen LogP contribution in [0.15, 0.2) is 12.5 Å². The minimum atomic E-state index is -1.22. The van der Waals surface area contributed by atoms with Crippen molar-refractivity contribution >= 4 is 29.7 Å². The Bertz CT molecular complexity index is 1000. The van der Waals surface area contributed by atoms with E-state index >= 15 is 0 Å². The van der Waals surface area contributed by atoms with E-state index in [2.05, 4.69) is 25.9 Å². The zero-order chi connectivity index (χ0) is 29.8. The van der Waals surface area contributed by atoms with E-state index in [4.69, 9.17) is 4.74 Å². The van der Waals surface area contributed by atoms with Crippen molar-refractivity contribution in [1.29, 1.82) is 0 Å². The highest BCUT2D eigenvalue weighted by molar-refractivity contribution is 5.91. The Morgan fingerprint density at radius 2 is 1.88 bits per heavy atom. The number of carboxylic acids is 2. The Hall–Kier alpha value is -3.52. The topological polar surface area (TPSA) is 203 Å². The summed E-state index contributed by atoms with van der Waals surface area (Å²) >= 11 is 0. The second kappa shape index (κ2) is 15.9. The number of hydrogen-bond donors (Lipinski definition) is 6. The van der Waals surface area contributed by atoms with Gasteiger partial charge in [-0.1, -0.05) is 13.8 Å². The number of nitrogens with zero attached hydrogens (tertiary/aromatic N) is 2. The van der Waals surface area contributed by atoms with E-state index in [0.29, 0.717) is 25.0 Å². The molecule has 0 spiro atoms. The lowest BCUT2D eigenvalue weighted by atomic mass is 9.93. The summed E-state index contributed by atoms with van der Waals surface area (Å²) in [5, 5.41) is 27.0. The number of piperidine rings is 1. The quantitative estimate of drug-likeness (QED) is 0.157. The zero-order valence-electron chi connectivity index (χ0n) is 23.5. The summed E-state index contributed by atoms with van der Waals surface area (Å²) < 4.78 is 5.59. The van der Waals surface area contributed by atoms with Crippen molar-refractivity contribution in [3.63, 3.8) is 0 Å². The Morgan fingerprint density at radius 1 is 1.15 bits per heavy atom. The van der Waals surface area contributed by atoms with Crippen LogP contribution in [0.5, 0.6) is 0 Å². The lowest BCUT2D eigenvalue weighted by molar-refractivity contribution is -0.148. The summed E-state index contributed by atoms with van der Waals surface area (Å²) in [5.41, 5.74) is 0.534. The number of carbonyl (C=O) groups is 5. The van der Waals surface area contributed by atoms with Gasteiger partial charge in [0.05, 0.1) is 24.5 Å². The first kappa shape index (κ1) is 32.7. The summed E-state index contributed by atoms with van der Waals surface area (Å²) in [7, 11) is 3.11. The van der Waals surface area contributed by atoms with Crippen LogP contribution in [0.1, 0.15) is 58.1 Å². The van der Waals surface area contributed by atoms with Gasteiger partial charge in [-0.25, -0.2) is 9.78 Å². The molecule has 0 bridgehead atoms. The van der Waals surface area contributed by atoms with Crippen LogP contribution in [-0.4, -0.2) is 106 Å². The van der Waals surface area contributed by atoms with E-state index in [9.17, 15) is 34.2 Å². The Morgan fingerprint density at radius 3 is 2.42 bits per heavy atom. The molecule has 0 radical (unpaired) electrons. The number of aromatic nitrogens is 2. The number of methoxy groups -OCH3 is 1. The van der Waals surface area contributed by atoms with E-state index in [-0.39, 0.29) is 38.1 Å². The van der Waals surface area contributed by atoms with Gasteiger partial charge in [-0.3, -0.25) is 19.2 Å². The molecule has 1 aromatic heterocycles. The van der Waals surface area contributed by atoms with Gasteiger partial charge < -0.3 is 40.8 Å². The van der Waals surface area contributed by atoms with Crippen LogP contribution in [0.25, 0.3) is 0 Å². The third kappa shape index (κ3) is 9.90. The van der Waals surface area contributed by atoms with Crippen LogP contribution in [0.3, 0.4) is 0 Å². The van der Waals surface area contributed by atoms with Crippen molar-refractivity contribution in [3.8, 4) is 0 Å². The number of nitrogens with one attached hydrogen (secondary N) is 4. The molecule has 2 heterocycles. The van der Waals surface area contributed by atoms with Crippen LogP contribution < -0.4 is 16.0 Å². The normalized spacial score (nSPS) is 19.5. The number of imidazole rings is 1. The summed E-state index contributed by atoms with van der Waals surface area (Å²) in [6.07, 6.45) is 3.31. The lowest BCUT2D eigenvalue weighted by Gasteiger charge is -2.42. The highest BCUT2D eigenvalue weighted by atomic mass is 16.5. The van der Waals surface area contributed by atoms with Gasteiger partial charge in [-0.15, -0.1) is 0 Å². The number of aromatic amines is 1. The van der Waals surface area contributed by atoms with Crippen molar-refractivity contribution in [2.45, 2.75) is 89.1 Å². The molecule has 14 heteroatoms. The molecule has 0 aliphatic carbocycles. The van der Waals surface area contributed by atoms with Gasteiger partial charge in [0.1, 0.15) is 12.1 Å². The third-order valence-corrected chi connectivity index (χ3v) is 6.94. The predicted octanol–water partition coefficient (Wildman–Crippen LogP) is -0.0986. The molecule has 1 aliphatic heterocycles. The molecular weight excluding hydrogens is 524 g/mol. The molecule has 224 valence electrons. The van der Waals surface area contributed by atoms with Crippen molar-refractivity contribution < 1.29 is 38.9 Å². The number of likely N-dealkylation sites (N-methyl/N-ethyl adjacent to an activating group) is 1. The number of ether oxygens (including phenoxy) is 1. The predicted molar refractivity (Wildman–Crippen MR) is 143 cm³/mol. The van der Waals surface area contributed by atoms with Crippen molar-refractivity contribution in [2.75, 3.05) is 20.7 Å². The fourth-order valence-corrected chi connectivity index (χ4v) is 4.90. The maximum absolute atomic E-state index is 13.8. The van der Waals surface area contributed by atoms with Gasteiger partial charge in [0, 0.05) is 44.8 Å². The Kier molecular flexibility index (Phi) is 13.0. The molecule has 0 aromatic carbocycles. The summed E-state index contributed by atoms with van der Waals surface area (Å²) in [6, 6.07) is -3.66. The van der Waals surface area contributed by atoms with Crippen LogP contribution in [-0.2, 0) is 35.1 Å². The molecule has 1 aromatic rings. The first-order valence-electron chi connectivity index (χ1n) is 13.5. The smallest absolute Gasteiger partial charge is 0.326 e. The number of amides is 3. The minimum absolute atomic E-state index is 0.00556. The first-order chi connectivity index (χ1) is 19.0. The number of aliphatic carboxylic acids is 2. The molecule has 5 atom stereocenters. The van der Waals surface area contributed by atoms with Crippen molar-refractivity contribution in [3.05, 3.63) is 18.2 Å². The molecule has 0 saturated carbocycles. The molecule has 6 N–H and O–H groups in total. The van der Waals surface area contributed by atoms with Crippen LogP contribution in [0, 0.1) is 5.92 Å². The third-order valence-electron chi connectivity index (χ3n) is 6.94. The first-order valence-corrected chi connectivity index (χ1v) is 13.5. The average molecular weight is 567 g/mol. The van der Waals surface area contributed by atoms with Crippen molar-refractivity contribution in [1.82, 2.24) is 30.8 Å². The lowest BCUT2D eigenvalue weighted by Crippen LogP contribution is -2.60. The van der Waals surface area contributed by atoms with E-state index < -0.39 is 59.9 Å². The fourth-order valence-electron chi connectivity index (χ4n) is 4.90. The van der Waals surface area contributed by atoms with Gasteiger partial charge in [-0.2, -0.15) is 0 Å². The molecule has 0 unspecified atom stereocenters. The summed E-state index contributed by atoms with van der Waals surface area (Å²) in [6.45, 7) is 4.19. The molecule has 14 nitrogen and oxygen atoms in total. The van der Waals surface area contributed by atoms with E-state index in [1.54, 1.807) is 7.05 Å². The number of H-pyrrole nitrogens is 1. The summed E-state index contributed by atoms with van der Waals surface area (Å²) in [4.78, 5) is 71.0. The molecule has 3 amide bonds.